The predicted molar refractivity (Wildman–Crippen MR) is 85.3 cm³/mol. The van der Waals surface area contributed by atoms with Crippen LogP contribution in [0.1, 0.15) is 5.56 Å². The highest BCUT2D eigenvalue weighted by atomic mass is 35.5. The van der Waals surface area contributed by atoms with E-state index in [4.69, 9.17) is 9.15 Å². The van der Waals surface area contributed by atoms with Gasteiger partial charge in [0.2, 0.25) is 5.91 Å². The maximum atomic E-state index is 12.1. The van der Waals surface area contributed by atoms with Crippen molar-refractivity contribution in [1.82, 2.24) is 10.2 Å². The van der Waals surface area contributed by atoms with Gasteiger partial charge in [0.05, 0.1) is 19.8 Å². The normalized spacial score (nSPS) is 10.2. The van der Waals surface area contributed by atoms with Crippen LogP contribution in [0, 0.1) is 0 Å². The highest BCUT2D eigenvalue weighted by molar-refractivity contribution is 5.88. The molecule has 0 aliphatic heterocycles. The number of ether oxygens (including phenoxy) is 1. The number of carbonyl (C=O) groups excluding carboxylic acids is 1. The number of rotatable bonds is 6. The summed E-state index contributed by atoms with van der Waals surface area (Å²) in [5.74, 6) is 0.828. The fraction of sp³-hybridized carbons (Fsp3) is 0.400. The summed E-state index contributed by atoms with van der Waals surface area (Å²) in [6, 6.07) is 5.62. The van der Waals surface area contributed by atoms with Crippen LogP contribution in [0.25, 0.3) is 11.0 Å². The first kappa shape index (κ1) is 17.3. The Labute approximate surface area is 130 Å². The SMILES string of the molecule is CNCCN(C)C(=O)Cc1coc2cc(OC)ccc12.Cl. The van der Waals surface area contributed by atoms with Gasteiger partial charge in [0, 0.05) is 37.2 Å². The fourth-order valence-electron chi connectivity index (χ4n) is 2.03. The largest absolute Gasteiger partial charge is 0.497 e. The lowest BCUT2D eigenvalue weighted by molar-refractivity contribution is -0.129. The van der Waals surface area contributed by atoms with Crippen LogP contribution in [0.3, 0.4) is 0 Å². The molecule has 0 atom stereocenters. The summed E-state index contributed by atoms with van der Waals surface area (Å²) in [6.45, 7) is 1.48. The first-order chi connectivity index (χ1) is 9.65. The van der Waals surface area contributed by atoms with E-state index in [2.05, 4.69) is 5.32 Å². The quantitative estimate of drug-likeness (QED) is 0.887. The molecule has 1 aromatic heterocycles. The number of benzene rings is 1. The van der Waals surface area contributed by atoms with E-state index in [-0.39, 0.29) is 18.3 Å². The molecule has 0 unspecified atom stereocenters. The van der Waals surface area contributed by atoms with E-state index in [1.807, 2.05) is 32.3 Å². The molecule has 0 saturated carbocycles. The summed E-state index contributed by atoms with van der Waals surface area (Å²) < 4.78 is 10.6. The van der Waals surface area contributed by atoms with Crippen molar-refractivity contribution in [1.29, 1.82) is 0 Å². The molecule has 6 heteroatoms. The van der Waals surface area contributed by atoms with Gasteiger partial charge in [0.25, 0.3) is 0 Å². The zero-order valence-corrected chi connectivity index (χ0v) is 13.3. The van der Waals surface area contributed by atoms with Crippen LogP contribution < -0.4 is 10.1 Å². The first-order valence-electron chi connectivity index (χ1n) is 6.58. The lowest BCUT2D eigenvalue weighted by Gasteiger charge is -2.16. The molecular formula is C15H21ClN2O3. The number of hydrogen-bond acceptors (Lipinski definition) is 4. The first-order valence-corrected chi connectivity index (χ1v) is 6.58. The Morgan fingerprint density at radius 1 is 1.43 bits per heavy atom. The van der Waals surface area contributed by atoms with Crippen molar-refractivity contribution < 1.29 is 13.9 Å². The Balaban J connectivity index is 0.00000220. The molecule has 116 valence electrons. The van der Waals surface area contributed by atoms with Crippen molar-refractivity contribution >= 4 is 29.3 Å². The third-order valence-electron chi connectivity index (χ3n) is 3.33. The molecule has 0 spiro atoms. The molecule has 1 amide bonds. The van der Waals surface area contributed by atoms with E-state index >= 15 is 0 Å². The second-order valence-electron chi connectivity index (χ2n) is 4.72. The van der Waals surface area contributed by atoms with E-state index in [9.17, 15) is 4.79 Å². The molecule has 1 N–H and O–H groups in total. The van der Waals surface area contributed by atoms with E-state index < -0.39 is 0 Å². The van der Waals surface area contributed by atoms with Gasteiger partial charge in [-0.2, -0.15) is 0 Å². The molecule has 21 heavy (non-hydrogen) atoms. The van der Waals surface area contributed by atoms with Crippen molar-refractivity contribution in [2.45, 2.75) is 6.42 Å². The Hall–Kier alpha value is -1.72. The van der Waals surface area contributed by atoms with Gasteiger partial charge in [-0.3, -0.25) is 4.79 Å². The molecule has 1 aromatic carbocycles. The van der Waals surface area contributed by atoms with Crippen molar-refractivity contribution in [2.24, 2.45) is 0 Å². The Morgan fingerprint density at radius 2 is 2.19 bits per heavy atom. The number of furan rings is 1. The van der Waals surface area contributed by atoms with E-state index in [0.29, 0.717) is 13.0 Å². The van der Waals surface area contributed by atoms with Crippen molar-refractivity contribution in [3.8, 4) is 5.75 Å². The minimum absolute atomic E-state index is 0. The Bertz CT molecular complexity index is 598. The van der Waals surface area contributed by atoms with Crippen LogP contribution >= 0.6 is 12.4 Å². The number of carbonyl (C=O) groups is 1. The third kappa shape index (κ3) is 4.12. The maximum Gasteiger partial charge on any atom is 0.226 e. The molecule has 0 aliphatic carbocycles. The summed E-state index contributed by atoms with van der Waals surface area (Å²) in [7, 11) is 5.30. The van der Waals surface area contributed by atoms with Crippen LogP contribution in [0.5, 0.6) is 5.75 Å². The maximum absolute atomic E-state index is 12.1. The van der Waals surface area contributed by atoms with Gasteiger partial charge in [-0.15, -0.1) is 12.4 Å². The minimum atomic E-state index is 0. The standard InChI is InChI=1S/C15H20N2O3.ClH/c1-16-6-7-17(2)15(18)8-11-10-20-14-9-12(19-3)4-5-13(11)14;/h4-5,9-10,16H,6-8H2,1-3H3;1H. The third-order valence-corrected chi connectivity index (χ3v) is 3.33. The summed E-state index contributed by atoms with van der Waals surface area (Å²) in [5.41, 5.74) is 1.65. The fourth-order valence-corrected chi connectivity index (χ4v) is 2.03. The average Bonchev–Trinajstić information content (AvgIpc) is 2.86. The monoisotopic (exact) mass is 312 g/mol. The Kier molecular flexibility index (Phi) is 6.52. The second kappa shape index (κ2) is 7.90. The minimum Gasteiger partial charge on any atom is -0.497 e. The van der Waals surface area contributed by atoms with Crippen LogP contribution in [-0.4, -0.2) is 45.1 Å². The number of nitrogens with one attached hydrogen (secondary N) is 1. The second-order valence-corrected chi connectivity index (χ2v) is 4.72. The number of halogens is 1. The lowest BCUT2D eigenvalue weighted by Crippen LogP contribution is -2.33. The molecule has 2 aromatic rings. The number of amides is 1. The van der Waals surface area contributed by atoms with Gasteiger partial charge in [0.15, 0.2) is 0 Å². The summed E-state index contributed by atoms with van der Waals surface area (Å²) in [5, 5.41) is 3.99. The van der Waals surface area contributed by atoms with Crippen LogP contribution in [0.15, 0.2) is 28.9 Å². The number of hydrogen-bond donors (Lipinski definition) is 1. The number of nitrogens with zero attached hydrogens (tertiary/aromatic N) is 1. The lowest BCUT2D eigenvalue weighted by atomic mass is 10.1. The molecular weight excluding hydrogens is 292 g/mol. The van der Waals surface area contributed by atoms with Gasteiger partial charge < -0.3 is 19.4 Å². The van der Waals surface area contributed by atoms with Crippen molar-refractivity contribution in [3.63, 3.8) is 0 Å². The number of likely N-dealkylation sites (N-methyl/N-ethyl adjacent to an activating group) is 2. The highest BCUT2D eigenvalue weighted by Crippen LogP contribution is 2.26. The predicted octanol–water partition coefficient (Wildman–Crippen LogP) is 2.08. The van der Waals surface area contributed by atoms with Gasteiger partial charge in [-0.25, -0.2) is 0 Å². The van der Waals surface area contributed by atoms with E-state index in [0.717, 1.165) is 28.8 Å². The van der Waals surface area contributed by atoms with Crippen molar-refractivity contribution in [3.05, 3.63) is 30.0 Å². The van der Waals surface area contributed by atoms with E-state index in [1.165, 1.54) is 0 Å². The van der Waals surface area contributed by atoms with Gasteiger partial charge >= 0.3 is 0 Å². The van der Waals surface area contributed by atoms with Gasteiger partial charge in [-0.05, 0) is 19.2 Å². The van der Waals surface area contributed by atoms with E-state index in [1.54, 1.807) is 18.3 Å². The zero-order valence-electron chi connectivity index (χ0n) is 12.5. The van der Waals surface area contributed by atoms with Crippen LogP contribution in [-0.2, 0) is 11.2 Å². The molecule has 2 rings (SSSR count). The van der Waals surface area contributed by atoms with Crippen LogP contribution in [0.4, 0.5) is 0 Å². The smallest absolute Gasteiger partial charge is 0.226 e. The zero-order chi connectivity index (χ0) is 14.5. The number of fused-ring (bicyclic) bond motifs is 1. The summed E-state index contributed by atoms with van der Waals surface area (Å²) >= 11 is 0. The molecule has 0 fully saturated rings. The highest BCUT2D eigenvalue weighted by Gasteiger charge is 2.14. The summed E-state index contributed by atoms with van der Waals surface area (Å²) in [6.07, 6.45) is 1.99. The average molecular weight is 313 g/mol. The summed E-state index contributed by atoms with van der Waals surface area (Å²) in [4.78, 5) is 13.8. The molecule has 0 saturated heterocycles. The van der Waals surface area contributed by atoms with Gasteiger partial charge in [0.1, 0.15) is 11.3 Å². The van der Waals surface area contributed by atoms with Crippen LogP contribution in [0.2, 0.25) is 0 Å². The molecule has 5 nitrogen and oxygen atoms in total. The topological polar surface area (TPSA) is 54.7 Å². The van der Waals surface area contributed by atoms with Gasteiger partial charge in [-0.1, -0.05) is 0 Å². The molecule has 0 aliphatic rings. The van der Waals surface area contributed by atoms with Crippen molar-refractivity contribution in [2.75, 3.05) is 34.3 Å². The molecule has 0 radical (unpaired) electrons. The number of methoxy groups -OCH3 is 1. The Morgan fingerprint density at radius 3 is 2.86 bits per heavy atom. The molecule has 1 heterocycles. The molecule has 0 bridgehead atoms.